The van der Waals surface area contributed by atoms with Gasteiger partial charge in [0, 0.05) is 30.8 Å². The van der Waals surface area contributed by atoms with E-state index in [2.05, 4.69) is 16.1 Å². The van der Waals surface area contributed by atoms with E-state index in [1.165, 1.54) is 5.56 Å². The van der Waals surface area contributed by atoms with Crippen LogP contribution in [0.1, 0.15) is 62.6 Å². The highest BCUT2D eigenvalue weighted by Crippen LogP contribution is 2.29. The summed E-state index contributed by atoms with van der Waals surface area (Å²) in [5, 5.41) is 11.7. The van der Waals surface area contributed by atoms with Crippen LogP contribution in [-0.2, 0) is 10.0 Å². The Balaban J connectivity index is 1.30. The number of carbonyl (C=O) groups excluding carboxylic acids is 2. The Morgan fingerprint density at radius 1 is 0.974 bits per heavy atom. The number of benzene rings is 3. The SMILES string of the molecule is Cc1ccc(C(=O)N2CCC(c3ccc(C#N)cc3)CC2)cc1NS(=O)(=O)CCCNC(=O)c1ccccc1. The van der Waals surface area contributed by atoms with Gasteiger partial charge in [0.25, 0.3) is 11.8 Å². The molecule has 0 spiro atoms. The van der Waals surface area contributed by atoms with E-state index < -0.39 is 10.0 Å². The Hall–Kier alpha value is -4.16. The number of carbonyl (C=O) groups is 2. The van der Waals surface area contributed by atoms with Crippen LogP contribution < -0.4 is 10.0 Å². The number of sulfonamides is 1. The van der Waals surface area contributed by atoms with E-state index in [-0.39, 0.29) is 30.5 Å². The van der Waals surface area contributed by atoms with Gasteiger partial charge in [-0.3, -0.25) is 14.3 Å². The van der Waals surface area contributed by atoms with Crippen molar-refractivity contribution in [3.63, 3.8) is 0 Å². The molecule has 1 aliphatic heterocycles. The molecule has 2 amide bonds. The predicted octanol–water partition coefficient (Wildman–Crippen LogP) is 4.45. The molecule has 0 aliphatic carbocycles. The summed E-state index contributed by atoms with van der Waals surface area (Å²) in [5.41, 5.74) is 3.85. The molecular weight excluding hydrogens is 512 g/mol. The van der Waals surface area contributed by atoms with Gasteiger partial charge in [-0.15, -0.1) is 0 Å². The van der Waals surface area contributed by atoms with Gasteiger partial charge in [0.05, 0.1) is 23.1 Å². The molecule has 1 fully saturated rings. The number of anilines is 1. The van der Waals surface area contributed by atoms with Crippen molar-refractivity contribution in [2.75, 3.05) is 30.1 Å². The Morgan fingerprint density at radius 3 is 2.33 bits per heavy atom. The van der Waals surface area contributed by atoms with Crippen LogP contribution in [0.4, 0.5) is 5.69 Å². The van der Waals surface area contributed by atoms with Gasteiger partial charge in [-0.25, -0.2) is 8.42 Å². The van der Waals surface area contributed by atoms with Crippen molar-refractivity contribution in [3.8, 4) is 6.07 Å². The van der Waals surface area contributed by atoms with Crippen molar-refractivity contribution >= 4 is 27.5 Å². The summed E-state index contributed by atoms with van der Waals surface area (Å²) in [7, 11) is -3.68. The largest absolute Gasteiger partial charge is 0.352 e. The third-order valence-electron chi connectivity index (χ3n) is 6.95. The molecule has 0 bridgehead atoms. The van der Waals surface area contributed by atoms with E-state index >= 15 is 0 Å². The lowest BCUT2D eigenvalue weighted by Gasteiger charge is -2.32. The highest BCUT2D eigenvalue weighted by Gasteiger charge is 2.25. The normalized spacial score (nSPS) is 13.9. The van der Waals surface area contributed by atoms with Crippen LogP contribution in [0.5, 0.6) is 0 Å². The summed E-state index contributed by atoms with van der Waals surface area (Å²) in [5.74, 6) is -0.205. The summed E-state index contributed by atoms with van der Waals surface area (Å²) < 4.78 is 28.1. The third-order valence-corrected chi connectivity index (χ3v) is 8.31. The number of nitriles is 1. The second kappa shape index (κ2) is 12.6. The number of nitrogens with one attached hydrogen (secondary N) is 2. The van der Waals surface area contributed by atoms with Gasteiger partial charge < -0.3 is 10.2 Å². The van der Waals surface area contributed by atoms with Crippen molar-refractivity contribution in [1.82, 2.24) is 10.2 Å². The summed E-state index contributed by atoms with van der Waals surface area (Å²) in [6.45, 7) is 3.22. The van der Waals surface area contributed by atoms with Crippen molar-refractivity contribution in [1.29, 1.82) is 5.26 Å². The smallest absolute Gasteiger partial charge is 0.253 e. The molecule has 0 unspecified atom stereocenters. The van der Waals surface area contributed by atoms with Crippen molar-refractivity contribution in [2.45, 2.75) is 32.1 Å². The Labute approximate surface area is 229 Å². The maximum Gasteiger partial charge on any atom is 0.253 e. The first-order valence-electron chi connectivity index (χ1n) is 13.0. The molecule has 1 heterocycles. The minimum atomic E-state index is -3.68. The monoisotopic (exact) mass is 544 g/mol. The zero-order valence-electron chi connectivity index (χ0n) is 21.9. The van der Waals surface area contributed by atoms with E-state index in [4.69, 9.17) is 5.26 Å². The highest BCUT2D eigenvalue weighted by atomic mass is 32.2. The molecule has 39 heavy (non-hydrogen) atoms. The lowest BCUT2D eigenvalue weighted by molar-refractivity contribution is 0.0713. The molecule has 0 atom stereocenters. The molecule has 9 heteroatoms. The molecule has 0 aromatic heterocycles. The number of rotatable bonds is 9. The summed E-state index contributed by atoms with van der Waals surface area (Å²) in [4.78, 5) is 27.2. The highest BCUT2D eigenvalue weighted by molar-refractivity contribution is 7.92. The van der Waals surface area contributed by atoms with Gasteiger partial charge in [-0.2, -0.15) is 5.26 Å². The van der Waals surface area contributed by atoms with Crippen LogP contribution in [0.3, 0.4) is 0 Å². The Bertz CT molecular complexity index is 1460. The number of hydrogen-bond donors (Lipinski definition) is 2. The number of piperidine rings is 1. The zero-order valence-corrected chi connectivity index (χ0v) is 22.7. The van der Waals surface area contributed by atoms with E-state index in [1.807, 2.05) is 30.3 Å². The molecule has 1 aliphatic rings. The van der Waals surface area contributed by atoms with Gasteiger partial charge in [-0.05, 0) is 79.6 Å². The van der Waals surface area contributed by atoms with E-state index in [0.717, 1.165) is 12.8 Å². The van der Waals surface area contributed by atoms with E-state index in [9.17, 15) is 18.0 Å². The number of aryl methyl sites for hydroxylation is 1. The Kier molecular flexibility index (Phi) is 8.99. The molecule has 1 saturated heterocycles. The number of likely N-dealkylation sites (tertiary alicyclic amines) is 1. The Morgan fingerprint density at radius 2 is 1.67 bits per heavy atom. The molecular formula is C30H32N4O4S. The molecule has 3 aromatic carbocycles. The van der Waals surface area contributed by atoms with Gasteiger partial charge in [0.2, 0.25) is 10.0 Å². The standard InChI is InChI=1S/C30H32N4O4S/c1-22-8-11-27(30(36)34-17-14-25(15-18-34)24-12-9-23(21-31)10-13-24)20-28(22)33-39(37,38)19-5-16-32-29(35)26-6-3-2-4-7-26/h2-4,6-13,20,25,33H,5,14-19H2,1H3,(H,32,35). The number of amides is 2. The van der Waals surface area contributed by atoms with Crippen LogP contribution in [0.2, 0.25) is 0 Å². The van der Waals surface area contributed by atoms with E-state index in [0.29, 0.717) is 46.9 Å². The first kappa shape index (κ1) is 27.9. The molecule has 8 nitrogen and oxygen atoms in total. The predicted molar refractivity (Wildman–Crippen MR) is 151 cm³/mol. The van der Waals surface area contributed by atoms with Gasteiger partial charge >= 0.3 is 0 Å². The first-order valence-corrected chi connectivity index (χ1v) is 14.6. The van der Waals surface area contributed by atoms with Crippen molar-refractivity contribution in [3.05, 3.63) is 101 Å². The lowest BCUT2D eigenvalue weighted by atomic mass is 9.89. The summed E-state index contributed by atoms with van der Waals surface area (Å²) in [6, 6.07) is 23.6. The minimum Gasteiger partial charge on any atom is -0.352 e. The maximum atomic E-state index is 13.2. The molecule has 3 aromatic rings. The fraction of sp³-hybridized carbons (Fsp3) is 0.300. The minimum absolute atomic E-state index is 0.127. The van der Waals surface area contributed by atoms with Crippen LogP contribution in [0, 0.1) is 18.3 Å². The maximum absolute atomic E-state index is 13.2. The molecule has 202 valence electrons. The van der Waals surface area contributed by atoms with Gasteiger partial charge in [0.15, 0.2) is 0 Å². The van der Waals surface area contributed by atoms with Crippen LogP contribution in [0.25, 0.3) is 0 Å². The molecule has 2 N–H and O–H groups in total. The van der Waals surface area contributed by atoms with Crippen LogP contribution >= 0.6 is 0 Å². The lowest BCUT2D eigenvalue weighted by Crippen LogP contribution is -2.38. The number of hydrogen-bond acceptors (Lipinski definition) is 5. The fourth-order valence-corrected chi connectivity index (χ4v) is 5.85. The zero-order chi connectivity index (χ0) is 27.8. The van der Waals surface area contributed by atoms with Crippen LogP contribution in [0.15, 0.2) is 72.8 Å². The topological polar surface area (TPSA) is 119 Å². The summed E-state index contributed by atoms with van der Waals surface area (Å²) in [6.07, 6.45) is 1.90. The third kappa shape index (κ3) is 7.45. The van der Waals surface area contributed by atoms with Gasteiger partial charge in [0.1, 0.15) is 0 Å². The molecule has 4 rings (SSSR count). The average Bonchev–Trinajstić information content (AvgIpc) is 2.96. The molecule has 0 radical (unpaired) electrons. The van der Waals surface area contributed by atoms with E-state index in [1.54, 1.807) is 54.3 Å². The van der Waals surface area contributed by atoms with Crippen molar-refractivity contribution < 1.29 is 18.0 Å². The quantitative estimate of drug-likeness (QED) is 0.386. The fourth-order valence-electron chi connectivity index (χ4n) is 4.67. The van der Waals surface area contributed by atoms with Crippen molar-refractivity contribution in [2.24, 2.45) is 0 Å². The average molecular weight is 545 g/mol. The second-order valence-corrected chi connectivity index (χ2v) is 11.6. The first-order chi connectivity index (χ1) is 18.8. The number of nitrogens with zero attached hydrogens (tertiary/aromatic N) is 2. The van der Waals surface area contributed by atoms with Gasteiger partial charge in [-0.1, -0.05) is 36.4 Å². The second-order valence-electron chi connectivity index (χ2n) is 9.73. The van der Waals surface area contributed by atoms with Crippen LogP contribution in [-0.4, -0.2) is 50.5 Å². The molecule has 0 saturated carbocycles. The summed E-state index contributed by atoms with van der Waals surface area (Å²) >= 11 is 0.